The summed E-state index contributed by atoms with van der Waals surface area (Å²) in [4.78, 5) is 36.8. The van der Waals surface area contributed by atoms with E-state index >= 15 is 0 Å². The number of Topliss-reactive ketones (excluding diaryl/α,β-unsaturated/α-hetero) is 1. The first-order chi connectivity index (χ1) is 18.5. The normalized spacial score (nSPS) is 40.0. The van der Waals surface area contributed by atoms with Gasteiger partial charge in [0.25, 0.3) is 0 Å². The number of esters is 2. The third-order valence-electron chi connectivity index (χ3n) is 11.9. The minimum absolute atomic E-state index is 0.0146. The molecule has 4 aliphatic carbocycles. The van der Waals surface area contributed by atoms with Gasteiger partial charge >= 0.3 is 11.9 Å². The van der Waals surface area contributed by atoms with Gasteiger partial charge in [0.15, 0.2) is 5.78 Å². The molecule has 39 heavy (non-hydrogen) atoms. The van der Waals surface area contributed by atoms with Gasteiger partial charge < -0.3 is 9.47 Å². The van der Waals surface area contributed by atoms with Crippen molar-refractivity contribution in [2.24, 2.45) is 46.3 Å². The molecule has 0 N–H and O–H groups in total. The van der Waals surface area contributed by atoms with E-state index in [1.807, 2.05) is 30.3 Å². The average Bonchev–Trinajstić information content (AvgIpc) is 3.25. The van der Waals surface area contributed by atoms with E-state index in [4.69, 9.17) is 9.47 Å². The lowest BCUT2D eigenvalue weighted by molar-refractivity contribution is -0.197. The van der Waals surface area contributed by atoms with E-state index in [0.29, 0.717) is 41.9 Å². The van der Waals surface area contributed by atoms with Gasteiger partial charge in [-0.2, -0.15) is 0 Å². The number of benzene rings is 1. The summed E-state index contributed by atoms with van der Waals surface area (Å²) in [5.74, 6) is 2.83. The molecule has 5 rings (SSSR count). The third-order valence-corrected chi connectivity index (χ3v) is 11.9. The fourth-order valence-corrected chi connectivity index (χ4v) is 10.1. The average molecular weight is 537 g/mol. The van der Waals surface area contributed by atoms with Gasteiger partial charge in [0.05, 0.1) is 0 Å². The Balaban J connectivity index is 1.33. The van der Waals surface area contributed by atoms with Crippen LogP contribution in [0, 0.1) is 46.3 Å². The van der Waals surface area contributed by atoms with Crippen LogP contribution in [0.5, 0.6) is 0 Å². The molecule has 10 atom stereocenters. The van der Waals surface area contributed by atoms with Gasteiger partial charge in [-0.1, -0.05) is 51.1 Å². The molecule has 5 nitrogen and oxygen atoms in total. The largest absolute Gasteiger partial charge is 0.463 e. The molecule has 0 saturated heterocycles. The van der Waals surface area contributed by atoms with E-state index < -0.39 is 0 Å². The highest BCUT2D eigenvalue weighted by Gasteiger charge is 2.64. The maximum absolute atomic E-state index is 12.8. The lowest BCUT2D eigenvalue weighted by Gasteiger charge is -2.62. The van der Waals surface area contributed by atoms with Gasteiger partial charge in [0.1, 0.15) is 12.2 Å². The van der Waals surface area contributed by atoms with Gasteiger partial charge in [0.2, 0.25) is 0 Å². The fourth-order valence-electron chi connectivity index (χ4n) is 10.1. The number of carbonyl (C=O) groups is 3. The van der Waals surface area contributed by atoms with Crippen LogP contribution in [0.1, 0.15) is 109 Å². The molecule has 4 saturated carbocycles. The van der Waals surface area contributed by atoms with Gasteiger partial charge in [-0.3, -0.25) is 14.4 Å². The Kier molecular flexibility index (Phi) is 8.01. The highest BCUT2D eigenvalue weighted by Crippen LogP contribution is 2.68. The highest BCUT2D eigenvalue weighted by molar-refractivity contribution is 5.95. The smallest absolute Gasteiger partial charge is 0.302 e. The second-order valence-electron chi connectivity index (χ2n) is 13.9. The lowest BCUT2D eigenvalue weighted by atomic mass is 9.43. The maximum atomic E-state index is 12.8. The minimum atomic E-state index is -0.196. The van der Waals surface area contributed by atoms with Crippen molar-refractivity contribution in [2.75, 3.05) is 0 Å². The van der Waals surface area contributed by atoms with Crippen LogP contribution in [0.3, 0.4) is 0 Å². The van der Waals surface area contributed by atoms with Crippen molar-refractivity contribution in [1.29, 1.82) is 0 Å². The van der Waals surface area contributed by atoms with Crippen molar-refractivity contribution in [1.82, 2.24) is 0 Å². The molecule has 0 heterocycles. The molecular formula is C34H48O5. The molecule has 0 unspecified atom stereocenters. The van der Waals surface area contributed by atoms with Crippen LogP contribution in [0.4, 0.5) is 0 Å². The summed E-state index contributed by atoms with van der Waals surface area (Å²) in [7, 11) is 0. The molecule has 0 radical (unpaired) electrons. The van der Waals surface area contributed by atoms with E-state index in [0.717, 1.165) is 37.7 Å². The van der Waals surface area contributed by atoms with Crippen molar-refractivity contribution in [2.45, 2.75) is 111 Å². The fraction of sp³-hybridized carbons (Fsp3) is 0.735. The molecule has 0 aromatic heterocycles. The topological polar surface area (TPSA) is 69.7 Å². The molecule has 0 bridgehead atoms. The summed E-state index contributed by atoms with van der Waals surface area (Å²) in [6, 6.07) is 9.68. The third kappa shape index (κ3) is 5.32. The van der Waals surface area contributed by atoms with E-state index in [-0.39, 0.29) is 40.8 Å². The molecule has 5 heteroatoms. The van der Waals surface area contributed by atoms with Gasteiger partial charge in [0, 0.05) is 31.7 Å². The Morgan fingerprint density at radius 1 is 0.872 bits per heavy atom. The van der Waals surface area contributed by atoms with Gasteiger partial charge in [-0.15, -0.1) is 0 Å². The van der Waals surface area contributed by atoms with Gasteiger partial charge in [-0.05, 0) is 98.2 Å². The number of carbonyl (C=O) groups excluding carboxylic acids is 3. The zero-order chi connectivity index (χ0) is 27.9. The van der Waals surface area contributed by atoms with E-state index in [1.54, 1.807) is 6.92 Å². The Labute approximate surface area is 234 Å². The van der Waals surface area contributed by atoms with E-state index in [2.05, 4.69) is 20.8 Å². The second-order valence-corrected chi connectivity index (χ2v) is 13.9. The number of rotatable bonds is 7. The quantitative estimate of drug-likeness (QED) is 0.268. The molecule has 214 valence electrons. The zero-order valence-corrected chi connectivity index (χ0v) is 24.6. The molecule has 1 aromatic carbocycles. The second kappa shape index (κ2) is 11.0. The first-order valence-corrected chi connectivity index (χ1v) is 15.5. The number of hydrogen-bond acceptors (Lipinski definition) is 5. The van der Waals surface area contributed by atoms with Crippen LogP contribution < -0.4 is 0 Å². The molecule has 0 spiro atoms. The zero-order valence-electron chi connectivity index (χ0n) is 24.6. The maximum Gasteiger partial charge on any atom is 0.302 e. The summed E-state index contributed by atoms with van der Waals surface area (Å²) in [5.41, 5.74) is 1.23. The van der Waals surface area contributed by atoms with Crippen LogP contribution in [0.25, 0.3) is 0 Å². The van der Waals surface area contributed by atoms with Crippen molar-refractivity contribution in [3.63, 3.8) is 0 Å². The number of ether oxygens (including phenoxy) is 2. The number of fused-ring (bicyclic) bond motifs is 5. The summed E-state index contributed by atoms with van der Waals surface area (Å²) >= 11 is 0. The molecule has 0 amide bonds. The van der Waals surface area contributed by atoms with Crippen molar-refractivity contribution in [3.8, 4) is 0 Å². The predicted molar refractivity (Wildman–Crippen MR) is 151 cm³/mol. The first-order valence-electron chi connectivity index (χ1n) is 15.5. The summed E-state index contributed by atoms with van der Waals surface area (Å²) in [6.45, 7) is 10.4. The summed E-state index contributed by atoms with van der Waals surface area (Å²) in [6.07, 6.45) is 10.0. The monoisotopic (exact) mass is 536 g/mol. The molecule has 0 aliphatic heterocycles. The first kappa shape index (κ1) is 28.4. The minimum Gasteiger partial charge on any atom is -0.463 e. The summed E-state index contributed by atoms with van der Waals surface area (Å²) < 4.78 is 11.8. The predicted octanol–water partition coefficient (Wildman–Crippen LogP) is 7.42. The van der Waals surface area contributed by atoms with E-state index in [9.17, 15) is 14.4 Å². The molecule has 4 fully saturated rings. The standard InChI is InChI=1S/C34H48O5/c1-21(11-14-30(37)24-9-7-6-8-10-24)27-12-13-28-32-29(16-18-34(27,28)5)33(4)17-15-26(38-22(2)35)19-25(33)20-31(32)39-23(3)36/h6-10,21,25-29,31-32H,11-20H2,1-5H3/t21-,25+,26-,27-,28+,29+,31-,32+,33+,34-/m1/s1. The Hall–Kier alpha value is -2.17. The number of ketones is 1. The Morgan fingerprint density at radius 3 is 2.23 bits per heavy atom. The van der Waals surface area contributed by atoms with Crippen LogP contribution >= 0.6 is 0 Å². The molecule has 1 aromatic rings. The van der Waals surface area contributed by atoms with Crippen molar-refractivity contribution < 1.29 is 23.9 Å². The Bertz CT molecular complexity index is 1070. The summed E-state index contributed by atoms with van der Waals surface area (Å²) in [5, 5.41) is 0. The van der Waals surface area contributed by atoms with Crippen LogP contribution in [-0.2, 0) is 19.1 Å². The van der Waals surface area contributed by atoms with Crippen LogP contribution in [0.15, 0.2) is 30.3 Å². The van der Waals surface area contributed by atoms with Gasteiger partial charge in [-0.25, -0.2) is 0 Å². The van der Waals surface area contributed by atoms with Crippen molar-refractivity contribution in [3.05, 3.63) is 35.9 Å². The van der Waals surface area contributed by atoms with Crippen LogP contribution in [-0.4, -0.2) is 29.9 Å². The lowest BCUT2D eigenvalue weighted by Crippen LogP contribution is -2.59. The van der Waals surface area contributed by atoms with Crippen molar-refractivity contribution >= 4 is 17.7 Å². The SMILES string of the molecule is CC(=O)O[C@@H]1CC[C@@]2(C)[C@@H](C1)C[C@@H](OC(C)=O)[C@@H]1[C@@H]2CC[C@]2(C)[C@@H]([C@H](C)CCC(=O)c3ccccc3)CC[C@@H]12. The highest BCUT2D eigenvalue weighted by atomic mass is 16.5. The Morgan fingerprint density at radius 2 is 1.54 bits per heavy atom. The van der Waals surface area contributed by atoms with E-state index in [1.165, 1.54) is 32.6 Å². The molecule has 4 aliphatic rings. The molecular weight excluding hydrogens is 488 g/mol. The van der Waals surface area contributed by atoms with Crippen LogP contribution in [0.2, 0.25) is 0 Å². The number of hydrogen-bond donors (Lipinski definition) is 0.